The van der Waals surface area contributed by atoms with Crippen LogP contribution in [-0.2, 0) is 11.3 Å². The van der Waals surface area contributed by atoms with Gasteiger partial charge in [0.1, 0.15) is 12.4 Å². The minimum atomic E-state index is -0.455. The summed E-state index contributed by atoms with van der Waals surface area (Å²) < 4.78 is 7.00. The van der Waals surface area contributed by atoms with Crippen LogP contribution in [0.25, 0.3) is 0 Å². The quantitative estimate of drug-likeness (QED) is 0.553. The molecule has 1 aromatic rings. The molecule has 82 valence electrons. The fourth-order valence-corrected chi connectivity index (χ4v) is 1.49. The van der Waals surface area contributed by atoms with Gasteiger partial charge >= 0.3 is 5.69 Å². The first-order valence-electron chi connectivity index (χ1n) is 4.75. The van der Waals surface area contributed by atoms with E-state index >= 15 is 0 Å². The van der Waals surface area contributed by atoms with Crippen molar-refractivity contribution in [2.24, 2.45) is 0 Å². The largest absolute Gasteiger partial charge is 0.374 e. The van der Waals surface area contributed by atoms with Crippen LogP contribution in [-0.4, -0.2) is 40.5 Å². The average Bonchev–Trinajstić information content (AvgIpc) is 2.68. The van der Waals surface area contributed by atoms with E-state index in [0.717, 1.165) is 13.1 Å². The minimum absolute atomic E-state index is 0.0127. The van der Waals surface area contributed by atoms with Gasteiger partial charge in [-0.3, -0.25) is 14.8 Å². The van der Waals surface area contributed by atoms with E-state index in [2.05, 4.69) is 10.4 Å². The molecular formula is C8H12N4O3. The Hall–Kier alpha value is -1.47. The molecule has 7 heteroatoms. The number of morpholine rings is 1. The molecule has 0 bridgehead atoms. The van der Waals surface area contributed by atoms with Crippen molar-refractivity contribution >= 4 is 5.69 Å². The molecule has 0 saturated carbocycles. The number of aromatic nitrogens is 2. The first-order valence-corrected chi connectivity index (χ1v) is 4.75. The lowest BCUT2D eigenvalue weighted by Crippen LogP contribution is -2.40. The van der Waals surface area contributed by atoms with Gasteiger partial charge in [-0.2, -0.15) is 5.10 Å². The lowest BCUT2D eigenvalue weighted by Gasteiger charge is -2.23. The Morgan fingerprint density at radius 3 is 3.27 bits per heavy atom. The van der Waals surface area contributed by atoms with Crippen molar-refractivity contribution in [2.75, 3.05) is 19.7 Å². The molecule has 15 heavy (non-hydrogen) atoms. The third kappa shape index (κ3) is 2.51. The van der Waals surface area contributed by atoms with Crippen molar-refractivity contribution in [3.63, 3.8) is 0 Å². The summed E-state index contributed by atoms with van der Waals surface area (Å²) in [6, 6.07) is 0. The summed E-state index contributed by atoms with van der Waals surface area (Å²) in [5.74, 6) is 0. The number of nitrogens with zero attached hydrogens (tertiary/aromatic N) is 3. The Labute approximate surface area is 86.2 Å². The van der Waals surface area contributed by atoms with Crippen molar-refractivity contribution in [3.8, 4) is 0 Å². The Balaban J connectivity index is 1.94. The van der Waals surface area contributed by atoms with Crippen LogP contribution in [0.5, 0.6) is 0 Å². The van der Waals surface area contributed by atoms with Crippen molar-refractivity contribution in [2.45, 2.75) is 12.6 Å². The molecule has 0 unspecified atom stereocenters. The molecule has 1 aliphatic heterocycles. The first-order chi connectivity index (χ1) is 7.25. The molecule has 1 saturated heterocycles. The number of rotatable bonds is 3. The molecule has 1 N–H and O–H groups in total. The van der Waals surface area contributed by atoms with E-state index in [4.69, 9.17) is 4.74 Å². The van der Waals surface area contributed by atoms with Crippen LogP contribution in [0.15, 0.2) is 12.4 Å². The number of nitro groups is 1. The first kappa shape index (κ1) is 10.1. The Kier molecular flexibility index (Phi) is 2.93. The second kappa shape index (κ2) is 4.37. The molecule has 1 aromatic heterocycles. The van der Waals surface area contributed by atoms with Crippen molar-refractivity contribution in [1.29, 1.82) is 0 Å². The highest BCUT2D eigenvalue weighted by atomic mass is 16.6. The highest BCUT2D eigenvalue weighted by molar-refractivity contribution is 5.20. The van der Waals surface area contributed by atoms with Gasteiger partial charge in [0, 0.05) is 13.1 Å². The minimum Gasteiger partial charge on any atom is -0.374 e. The Bertz CT molecular complexity index is 345. The van der Waals surface area contributed by atoms with Crippen LogP contribution in [0.2, 0.25) is 0 Å². The number of ether oxygens (including phenoxy) is 1. The zero-order valence-electron chi connectivity index (χ0n) is 8.13. The van der Waals surface area contributed by atoms with Crippen LogP contribution < -0.4 is 5.32 Å². The number of hydrogen-bond acceptors (Lipinski definition) is 5. The van der Waals surface area contributed by atoms with Crippen molar-refractivity contribution < 1.29 is 9.66 Å². The summed E-state index contributed by atoms with van der Waals surface area (Å²) in [5.41, 5.74) is 0.0127. The van der Waals surface area contributed by atoms with Gasteiger partial charge in [-0.1, -0.05) is 0 Å². The summed E-state index contributed by atoms with van der Waals surface area (Å²) in [4.78, 5) is 9.96. The van der Waals surface area contributed by atoms with Crippen LogP contribution in [0.4, 0.5) is 5.69 Å². The lowest BCUT2D eigenvalue weighted by atomic mass is 10.3. The summed E-state index contributed by atoms with van der Waals surface area (Å²) in [7, 11) is 0. The monoisotopic (exact) mass is 212 g/mol. The lowest BCUT2D eigenvalue weighted by molar-refractivity contribution is -0.385. The van der Waals surface area contributed by atoms with Gasteiger partial charge in [0.15, 0.2) is 0 Å². The van der Waals surface area contributed by atoms with Gasteiger partial charge in [-0.05, 0) is 0 Å². The molecule has 0 amide bonds. The SMILES string of the molecule is O=[N+]([O-])c1cnn(C[C@@H]2CNCCO2)c1. The normalized spacial score (nSPS) is 21.5. The van der Waals surface area contributed by atoms with Gasteiger partial charge < -0.3 is 10.1 Å². The van der Waals surface area contributed by atoms with Gasteiger partial charge in [-0.15, -0.1) is 0 Å². The van der Waals surface area contributed by atoms with E-state index in [9.17, 15) is 10.1 Å². The Morgan fingerprint density at radius 2 is 2.67 bits per heavy atom. The zero-order valence-corrected chi connectivity index (χ0v) is 8.13. The van der Waals surface area contributed by atoms with E-state index in [1.165, 1.54) is 17.1 Å². The third-order valence-corrected chi connectivity index (χ3v) is 2.23. The molecule has 0 spiro atoms. The maximum Gasteiger partial charge on any atom is 0.306 e. The summed E-state index contributed by atoms with van der Waals surface area (Å²) in [6.45, 7) is 2.83. The smallest absolute Gasteiger partial charge is 0.306 e. The summed E-state index contributed by atoms with van der Waals surface area (Å²) in [6.07, 6.45) is 2.70. The van der Waals surface area contributed by atoms with Gasteiger partial charge in [0.05, 0.1) is 24.2 Å². The molecule has 0 aliphatic carbocycles. The molecule has 1 fully saturated rings. The molecule has 0 radical (unpaired) electrons. The average molecular weight is 212 g/mol. The fourth-order valence-electron chi connectivity index (χ4n) is 1.49. The van der Waals surface area contributed by atoms with E-state index in [1.807, 2.05) is 0 Å². The second-order valence-corrected chi connectivity index (χ2v) is 3.37. The molecule has 1 atom stereocenters. The Morgan fingerprint density at radius 1 is 1.80 bits per heavy atom. The predicted octanol–water partition coefficient (Wildman–Crippen LogP) is -0.220. The number of nitrogens with one attached hydrogen (secondary N) is 1. The highest BCUT2D eigenvalue weighted by Gasteiger charge is 2.16. The molecule has 2 rings (SSSR count). The van der Waals surface area contributed by atoms with Gasteiger partial charge in [-0.25, -0.2) is 0 Å². The standard InChI is InChI=1S/C8H12N4O3/c13-12(14)7-3-10-11(5-7)6-8-4-9-1-2-15-8/h3,5,8-9H,1-2,4,6H2/t8-/m0/s1. The fraction of sp³-hybridized carbons (Fsp3) is 0.625. The topological polar surface area (TPSA) is 82.2 Å². The molecule has 0 aromatic carbocycles. The van der Waals surface area contributed by atoms with E-state index in [1.54, 1.807) is 0 Å². The maximum absolute atomic E-state index is 10.4. The molecule has 1 aliphatic rings. The van der Waals surface area contributed by atoms with Crippen molar-refractivity contribution in [3.05, 3.63) is 22.5 Å². The molecular weight excluding hydrogens is 200 g/mol. The van der Waals surface area contributed by atoms with Crippen LogP contribution >= 0.6 is 0 Å². The van der Waals surface area contributed by atoms with Gasteiger partial charge in [0.25, 0.3) is 0 Å². The van der Waals surface area contributed by atoms with E-state index < -0.39 is 4.92 Å². The van der Waals surface area contributed by atoms with Crippen molar-refractivity contribution in [1.82, 2.24) is 15.1 Å². The zero-order chi connectivity index (χ0) is 10.7. The summed E-state index contributed by atoms with van der Waals surface area (Å²) >= 11 is 0. The van der Waals surface area contributed by atoms with Crippen LogP contribution in [0.3, 0.4) is 0 Å². The van der Waals surface area contributed by atoms with Crippen LogP contribution in [0, 0.1) is 10.1 Å². The van der Waals surface area contributed by atoms with Crippen LogP contribution in [0.1, 0.15) is 0 Å². The molecule has 2 heterocycles. The number of hydrogen-bond donors (Lipinski definition) is 1. The second-order valence-electron chi connectivity index (χ2n) is 3.37. The highest BCUT2D eigenvalue weighted by Crippen LogP contribution is 2.09. The van der Waals surface area contributed by atoms with E-state index in [-0.39, 0.29) is 11.8 Å². The maximum atomic E-state index is 10.4. The van der Waals surface area contributed by atoms with E-state index in [0.29, 0.717) is 13.2 Å². The predicted molar refractivity (Wildman–Crippen MR) is 51.5 cm³/mol. The molecule has 7 nitrogen and oxygen atoms in total. The summed E-state index contributed by atoms with van der Waals surface area (Å²) in [5, 5.41) is 17.5. The third-order valence-electron chi connectivity index (χ3n) is 2.23. The van der Waals surface area contributed by atoms with Gasteiger partial charge in [0.2, 0.25) is 0 Å².